The summed E-state index contributed by atoms with van der Waals surface area (Å²) in [6.45, 7) is 9.88. The molecule has 0 fully saturated rings. The summed E-state index contributed by atoms with van der Waals surface area (Å²) in [6, 6.07) is 17.1. The number of anilines is 1. The van der Waals surface area contributed by atoms with Crippen LogP contribution in [0.5, 0.6) is 0 Å². The number of aryl methyl sites for hydroxylation is 1. The molecule has 0 aliphatic rings. The number of allylic oxidation sites excluding steroid dienone is 1. The number of aliphatic imine (C=N–C) groups is 1. The van der Waals surface area contributed by atoms with Gasteiger partial charge >= 0.3 is 0 Å². The van der Waals surface area contributed by atoms with E-state index in [1.165, 1.54) is 11.1 Å². The van der Waals surface area contributed by atoms with Gasteiger partial charge in [-0.2, -0.15) is 0 Å². The van der Waals surface area contributed by atoms with E-state index in [-0.39, 0.29) is 7.33 Å². The van der Waals surface area contributed by atoms with Gasteiger partial charge in [0.1, 0.15) is 0 Å². The number of benzene rings is 2. The van der Waals surface area contributed by atoms with Gasteiger partial charge < -0.3 is 5.32 Å². The highest BCUT2D eigenvalue weighted by Crippen LogP contribution is 2.28. The summed E-state index contributed by atoms with van der Waals surface area (Å²) in [5.41, 5.74) is 5.21. The highest BCUT2D eigenvalue weighted by molar-refractivity contribution is 6.03. The Hall–Kier alpha value is -2.94. The molecule has 0 aliphatic heterocycles. The van der Waals surface area contributed by atoms with Crippen LogP contribution in [0, 0.1) is 0 Å². The van der Waals surface area contributed by atoms with Crippen molar-refractivity contribution in [2.45, 2.75) is 58.8 Å². The predicted molar refractivity (Wildman–Crippen MR) is 131 cm³/mol. The molecule has 0 radical (unpaired) electrons. The van der Waals surface area contributed by atoms with Crippen molar-refractivity contribution in [3.05, 3.63) is 89.6 Å². The highest BCUT2D eigenvalue weighted by Gasteiger charge is 2.14. The second kappa shape index (κ2) is 12.6. The summed E-state index contributed by atoms with van der Waals surface area (Å²) < 4.78 is 0. The molecule has 0 aromatic heterocycles. The molecule has 30 heavy (non-hydrogen) atoms. The Morgan fingerprint density at radius 3 is 2.63 bits per heavy atom. The van der Waals surface area contributed by atoms with Gasteiger partial charge in [0.05, 0.1) is 0 Å². The van der Waals surface area contributed by atoms with Gasteiger partial charge in [0.15, 0.2) is 0 Å². The SMILES string of the molecule is C=C(CC)C(=O)Nc1cc(CC(CCC=N/C=C\C)c2ccccc2)ccc1CC.[HH]. The van der Waals surface area contributed by atoms with Gasteiger partial charge in [-0.3, -0.25) is 9.79 Å². The van der Waals surface area contributed by atoms with Crippen molar-refractivity contribution in [1.82, 2.24) is 0 Å². The molecule has 2 aromatic rings. The lowest BCUT2D eigenvalue weighted by atomic mass is 9.88. The van der Waals surface area contributed by atoms with Crippen molar-refractivity contribution in [3.63, 3.8) is 0 Å². The molecule has 3 heteroatoms. The molecule has 3 nitrogen and oxygen atoms in total. The zero-order valence-corrected chi connectivity index (χ0v) is 18.5. The molecule has 0 saturated carbocycles. The van der Waals surface area contributed by atoms with Crippen LogP contribution in [0.15, 0.2) is 78.0 Å². The van der Waals surface area contributed by atoms with E-state index in [4.69, 9.17) is 0 Å². The second-order valence-electron chi connectivity index (χ2n) is 7.46. The first-order valence-corrected chi connectivity index (χ1v) is 10.9. The van der Waals surface area contributed by atoms with Gasteiger partial charge in [-0.05, 0) is 67.7 Å². The molecule has 0 aliphatic carbocycles. The van der Waals surface area contributed by atoms with Gasteiger partial charge in [0.2, 0.25) is 0 Å². The molecule has 0 heterocycles. The molecular weight excluding hydrogens is 368 g/mol. The number of amides is 1. The average Bonchev–Trinajstić information content (AvgIpc) is 2.78. The van der Waals surface area contributed by atoms with E-state index in [2.05, 4.69) is 72.3 Å². The number of hydrogen-bond acceptors (Lipinski definition) is 2. The molecule has 1 unspecified atom stereocenters. The van der Waals surface area contributed by atoms with Crippen LogP contribution in [0.3, 0.4) is 0 Å². The van der Waals surface area contributed by atoms with Crippen LogP contribution in [-0.4, -0.2) is 12.1 Å². The van der Waals surface area contributed by atoms with Crippen LogP contribution in [0.25, 0.3) is 0 Å². The monoisotopic (exact) mass is 404 g/mol. The lowest BCUT2D eigenvalue weighted by Crippen LogP contribution is -2.15. The van der Waals surface area contributed by atoms with Crippen molar-refractivity contribution >= 4 is 17.8 Å². The van der Waals surface area contributed by atoms with E-state index in [0.29, 0.717) is 17.9 Å². The van der Waals surface area contributed by atoms with E-state index >= 15 is 0 Å². The van der Waals surface area contributed by atoms with Crippen molar-refractivity contribution in [3.8, 4) is 0 Å². The first kappa shape index (κ1) is 23.3. The van der Waals surface area contributed by atoms with Gasteiger partial charge in [-0.25, -0.2) is 0 Å². The molecule has 160 valence electrons. The van der Waals surface area contributed by atoms with Gasteiger partial charge in [0, 0.05) is 25.1 Å². The van der Waals surface area contributed by atoms with Gasteiger partial charge in [-0.15, -0.1) is 0 Å². The topological polar surface area (TPSA) is 41.5 Å². The molecule has 0 bridgehead atoms. The Kier molecular flexibility index (Phi) is 9.79. The number of hydrogen-bond donors (Lipinski definition) is 1. The summed E-state index contributed by atoms with van der Waals surface area (Å²) >= 11 is 0. The zero-order chi connectivity index (χ0) is 21.8. The minimum Gasteiger partial charge on any atom is -0.322 e. The maximum absolute atomic E-state index is 12.4. The fourth-order valence-electron chi connectivity index (χ4n) is 3.44. The zero-order valence-electron chi connectivity index (χ0n) is 18.5. The molecule has 2 rings (SSSR count). The molecule has 2 aromatic carbocycles. The minimum atomic E-state index is -0.0934. The predicted octanol–water partition coefficient (Wildman–Crippen LogP) is 7.11. The largest absolute Gasteiger partial charge is 0.322 e. The average molecular weight is 405 g/mol. The van der Waals surface area contributed by atoms with E-state index in [1.807, 2.05) is 32.3 Å². The normalized spacial score (nSPS) is 12.4. The summed E-state index contributed by atoms with van der Waals surface area (Å²) in [5, 5.41) is 3.06. The summed E-state index contributed by atoms with van der Waals surface area (Å²) in [7, 11) is 0. The lowest BCUT2D eigenvalue weighted by molar-refractivity contribution is -0.112. The van der Waals surface area contributed by atoms with Crippen molar-refractivity contribution in [2.24, 2.45) is 4.99 Å². The van der Waals surface area contributed by atoms with E-state index in [9.17, 15) is 4.79 Å². The molecular formula is C27H36N2O. The van der Waals surface area contributed by atoms with Crippen LogP contribution >= 0.6 is 0 Å². The third kappa shape index (κ3) is 7.14. The molecule has 0 saturated heterocycles. The maximum Gasteiger partial charge on any atom is 0.250 e. The van der Waals surface area contributed by atoms with Crippen molar-refractivity contribution < 1.29 is 6.22 Å². The standard InChI is InChI=1S/C27H34N2O.H2/c1-5-17-28-18-11-14-25(24-12-9-8-10-13-24)19-22-15-16-23(7-3)26(20-22)29-27(30)21(4)6-2;/h5,8-10,12-13,15-18,20,25H,4,6-7,11,14,19H2,1-3H3,(H,29,30);1H/b17-5-,28-18?;. The van der Waals surface area contributed by atoms with E-state index in [1.54, 1.807) is 0 Å². The van der Waals surface area contributed by atoms with Gasteiger partial charge in [-0.1, -0.05) is 69.0 Å². The summed E-state index contributed by atoms with van der Waals surface area (Å²) in [5.74, 6) is 0.300. The summed E-state index contributed by atoms with van der Waals surface area (Å²) in [6.07, 6.45) is 10.1. The Morgan fingerprint density at radius 1 is 1.20 bits per heavy atom. The fourth-order valence-corrected chi connectivity index (χ4v) is 3.44. The van der Waals surface area contributed by atoms with Crippen LogP contribution in [-0.2, 0) is 17.6 Å². The van der Waals surface area contributed by atoms with Gasteiger partial charge in [0.25, 0.3) is 5.91 Å². The first-order chi connectivity index (χ1) is 14.6. The number of carbonyl (C=O) groups excluding carboxylic acids is 1. The maximum atomic E-state index is 12.4. The minimum absolute atomic E-state index is 0. The first-order valence-electron chi connectivity index (χ1n) is 10.9. The van der Waals surface area contributed by atoms with E-state index in [0.717, 1.165) is 36.9 Å². The van der Waals surface area contributed by atoms with Crippen LogP contribution in [0.1, 0.15) is 64.1 Å². The van der Waals surface area contributed by atoms with E-state index < -0.39 is 0 Å². The lowest BCUT2D eigenvalue weighted by Gasteiger charge is -2.19. The third-order valence-electron chi connectivity index (χ3n) is 5.29. The van der Waals surface area contributed by atoms with Crippen molar-refractivity contribution in [1.29, 1.82) is 0 Å². The Labute approximate surface area is 183 Å². The number of carbonyl (C=O) groups is 1. The molecule has 1 atom stereocenters. The number of nitrogens with zero attached hydrogens (tertiary/aromatic N) is 1. The third-order valence-corrected chi connectivity index (χ3v) is 5.29. The summed E-state index contributed by atoms with van der Waals surface area (Å²) in [4.78, 5) is 16.7. The smallest absolute Gasteiger partial charge is 0.250 e. The molecule has 1 amide bonds. The number of nitrogens with one attached hydrogen (secondary N) is 1. The van der Waals surface area contributed by atoms with Crippen molar-refractivity contribution in [2.75, 3.05) is 5.32 Å². The second-order valence-corrected chi connectivity index (χ2v) is 7.46. The quantitative estimate of drug-likeness (QED) is 0.315. The highest BCUT2D eigenvalue weighted by atomic mass is 16.1. The Bertz CT molecular complexity index is 887. The van der Waals surface area contributed by atoms with Crippen LogP contribution in [0.4, 0.5) is 5.69 Å². The Balaban J connectivity index is 0.00000480. The number of rotatable bonds is 11. The molecule has 0 spiro atoms. The van der Waals surface area contributed by atoms with Crippen LogP contribution in [0.2, 0.25) is 0 Å². The van der Waals surface area contributed by atoms with Crippen LogP contribution < -0.4 is 5.32 Å². The fraction of sp³-hybridized carbons (Fsp3) is 0.333. The Morgan fingerprint density at radius 2 is 1.97 bits per heavy atom. The molecule has 1 N–H and O–H groups in total.